The summed E-state index contributed by atoms with van der Waals surface area (Å²) in [5, 5.41) is 3.11. The Morgan fingerprint density at radius 1 is 1.00 bits per heavy atom. The van der Waals surface area contributed by atoms with Crippen LogP contribution in [0.5, 0.6) is 0 Å². The van der Waals surface area contributed by atoms with Crippen LogP contribution in [-0.4, -0.2) is 46.9 Å². The van der Waals surface area contributed by atoms with Crippen LogP contribution in [0.4, 0.5) is 10.5 Å². The molecule has 0 saturated carbocycles. The van der Waals surface area contributed by atoms with Crippen LogP contribution in [0.25, 0.3) is 11.1 Å². The van der Waals surface area contributed by atoms with Gasteiger partial charge >= 0.3 is 6.03 Å². The first-order valence-electron chi connectivity index (χ1n) is 10.7. The normalized spacial score (nSPS) is 21.6. The van der Waals surface area contributed by atoms with Crippen molar-refractivity contribution in [2.75, 3.05) is 25.0 Å². The molecule has 1 spiro atoms. The van der Waals surface area contributed by atoms with Gasteiger partial charge in [0, 0.05) is 25.2 Å². The number of nitrogens with one attached hydrogen (secondary N) is 1. The number of anilines is 1. The highest BCUT2D eigenvalue weighted by molar-refractivity contribution is 5.99. The molecule has 0 aromatic heterocycles. The molecule has 2 fully saturated rings. The van der Waals surface area contributed by atoms with Gasteiger partial charge in [-0.3, -0.25) is 4.79 Å². The van der Waals surface area contributed by atoms with Gasteiger partial charge < -0.3 is 15.1 Å². The van der Waals surface area contributed by atoms with E-state index < -0.39 is 5.54 Å². The van der Waals surface area contributed by atoms with Crippen molar-refractivity contribution in [1.82, 2.24) is 9.80 Å². The van der Waals surface area contributed by atoms with Crippen LogP contribution < -0.4 is 5.32 Å². The highest BCUT2D eigenvalue weighted by Gasteiger charge is 2.52. The Labute approximate surface area is 172 Å². The van der Waals surface area contributed by atoms with Crippen molar-refractivity contribution in [1.29, 1.82) is 0 Å². The number of piperidine rings is 1. The Morgan fingerprint density at radius 2 is 1.69 bits per heavy atom. The van der Waals surface area contributed by atoms with Gasteiger partial charge in [-0.2, -0.15) is 0 Å². The van der Waals surface area contributed by atoms with Crippen LogP contribution in [-0.2, 0) is 4.79 Å². The molecule has 1 unspecified atom stereocenters. The van der Waals surface area contributed by atoms with Crippen molar-refractivity contribution in [3.05, 3.63) is 54.6 Å². The molecule has 3 amide bonds. The number of hydrogen-bond donors (Lipinski definition) is 1. The Kier molecular flexibility index (Phi) is 5.56. The number of nitrogens with zero attached hydrogens (tertiary/aromatic N) is 2. The summed E-state index contributed by atoms with van der Waals surface area (Å²) in [5.41, 5.74) is 2.15. The Balaban J connectivity index is 1.59. The fourth-order valence-corrected chi connectivity index (χ4v) is 4.85. The van der Waals surface area contributed by atoms with Crippen molar-refractivity contribution >= 4 is 17.6 Å². The Bertz CT molecular complexity index is 881. The van der Waals surface area contributed by atoms with Gasteiger partial charge in [0.25, 0.3) is 0 Å². The average Bonchev–Trinajstić information content (AvgIpc) is 3.17. The second kappa shape index (κ2) is 8.27. The molecule has 2 saturated heterocycles. The fraction of sp³-hybridized carbons (Fsp3) is 0.417. The second-order valence-corrected chi connectivity index (χ2v) is 8.02. The molecule has 5 nitrogen and oxygen atoms in total. The van der Waals surface area contributed by atoms with E-state index in [1.54, 1.807) is 4.90 Å². The molecule has 5 heteroatoms. The van der Waals surface area contributed by atoms with E-state index in [0.29, 0.717) is 6.54 Å². The lowest BCUT2D eigenvalue weighted by atomic mass is 9.85. The standard InChI is InChI=1S/C24H29N3O2/c1-2-16-26-17-8-14-24(22(26)28)15-9-18-27(24)23(29)25-21-13-7-6-12-20(21)19-10-4-3-5-11-19/h3-7,10-13H,2,8-9,14-18H2,1H3,(H,25,29). The van der Waals surface area contributed by atoms with Crippen molar-refractivity contribution in [2.45, 2.75) is 44.6 Å². The number of carbonyl (C=O) groups excluding carboxylic acids is 2. The summed E-state index contributed by atoms with van der Waals surface area (Å²) in [6.07, 6.45) is 4.30. The second-order valence-electron chi connectivity index (χ2n) is 8.02. The van der Waals surface area contributed by atoms with Crippen LogP contribution in [0.15, 0.2) is 54.6 Å². The molecule has 29 heavy (non-hydrogen) atoms. The summed E-state index contributed by atoms with van der Waals surface area (Å²) in [6, 6.07) is 17.7. The van der Waals surface area contributed by atoms with Crippen molar-refractivity contribution in [3.63, 3.8) is 0 Å². The van der Waals surface area contributed by atoms with E-state index in [9.17, 15) is 9.59 Å². The number of hydrogen-bond acceptors (Lipinski definition) is 2. The van der Waals surface area contributed by atoms with Gasteiger partial charge in [0.05, 0.1) is 5.69 Å². The predicted octanol–water partition coefficient (Wildman–Crippen LogP) is 4.75. The highest BCUT2D eigenvalue weighted by Crippen LogP contribution is 2.39. The first kappa shape index (κ1) is 19.5. The van der Waals surface area contributed by atoms with Crippen LogP contribution >= 0.6 is 0 Å². The molecule has 2 aliphatic rings. The third kappa shape index (κ3) is 3.61. The smallest absolute Gasteiger partial charge is 0.322 e. The zero-order valence-electron chi connectivity index (χ0n) is 17.1. The SMILES string of the molecule is CCCN1CCCC2(CCCN2C(=O)Nc2ccccc2-c2ccccc2)C1=O. The number of carbonyl (C=O) groups is 2. The van der Waals surface area contributed by atoms with E-state index in [1.807, 2.05) is 59.5 Å². The Morgan fingerprint density at radius 3 is 2.45 bits per heavy atom. The summed E-state index contributed by atoms with van der Waals surface area (Å²) >= 11 is 0. The maximum absolute atomic E-state index is 13.3. The number of likely N-dealkylation sites (tertiary alicyclic amines) is 2. The third-order valence-corrected chi connectivity index (χ3v) is 6.18. The minimum Gasteiger partial charge on any atom is -0.341 e. The molecule has 4 rings (SSSR count). The molecule has 2 aliphatic heterocycles. The molecule has 2 aromatic rings. The molecule has 2 aromatic carbocycles. The van der Waals surface area contributed by atoms with E-state index in [1.165, 1.54) is 0 Å². The number of urea groups is 1. The van der Waals surface area contributed by atoms with Crippen LogP contribution in [0, 0.1) is 0 Å². The highest BCUT2D eigenvalue weighted by atomic mass is 16.2. The van der Waals surface area contributed by atoms with Gasteiger partial charge in [-0.15, -0.1) is 0 Å². The predicted molar refractivity (Wildman–Crippen MR) is 116 cm³/mol. The number of para-hydroxylation sites is 1. The summed E-state index contributed by atoms with van der Waals surface area (Å²) in [6.45, 7) is 4.30. The molecule has 1 atom stereocenters. The summed E-state index contributed by atoms with van der Waals surface area (Å²) in [5.74, 6) is 0.134. The summed E-state index contributed by atoms with van der Waals surface area (Å²) < 4.78 is 0. The van der Waals surface area contributed by atoms with Crippen molar-refractivity contribution < 1.29 is 9.59 Å². The topological polar surface area (TPSA) is 52.6 Å². The van der Waals surface area contributed by atoms with Crippen molar-refractivity contribution in [2.24, 2.45) is 0 Å². The molecule has 152 valence electrons. The summed E-state index contributed by atoms with van der Waals surface area (Å²) in [7, 11) is 0. The van der Waals surface area contributed by atoms with Gasteiger partial charge in [0.2, 0.25) is 5.91 Å². The molecular weight excluding hydrogens is 362 g/mol. The third-order valence-electron chi connectivity index (χ3n) is 6.18. The van der Waals surface area contributed by atoms with E-state index in [-0.39, 0.29) is 11.9 Å². The fourth-order valence-electron chi connectivity index (χ4n) is 4.85. The quantitative estimate of drug-likeness (QED) is 0.817. The minimum atomic E-state index is -0.667. The van der Waals surface area contributed by atoms with Crippen LogP contribution in [0.3, 0.4) is 0 Å². The van der Waals surface area contributed by atoms with Crippen LogP contribution in [0.1, 0.15) is 39.0 Å². The number of amides is 3. The molecular formula is C24H29N3O2. The number of benzene rings is 2. The monoisotopic (exact) mass is 391 g/mol. The van der Waals surface area contributed by atoms with Gasteiger partial charge in [-0.25, -0.2) is 4.79 Å². The lowest BCUT2D eigenvalue weighted by Crippen LogP contribution is -2.62. The molecule has 1 N–H and O–H groups in total. The largest absolute Gasteiger partial charge is 0.341 e. The zero-order chi connectivity index (χ0) is 20.3. The van der Waals surface area contributed by atoms with E-state index in [2.05, 4.69) is 12.2 Å². The van der Waals surface area contributed by atoms with E-state index >= 15 is 0 Å². The van der Waals surface area contributed by atoms with Gasteiger partial charge in [-0.1, -0.05) is 55.5 Å². The van der Waals surface area contributed by atoms with Gasteiger partial charge in [0.15, 0.2) is 0 Å². The molecule has 0 radical (unpaired) electrons. The van der Waals surface area contributed by atoms with E-state index in [0.717, 1.165) is 62.0 Å². The first-order chi connectivity index (χ1) is 14.2. The van der Waals surface area contributed by atoms with Gasteiger partial charge in [0.1, 0.15) is 5.54 Å². The molecule has 2 heterocycles. The summed E-state index contributed by atoms with van der Waals surface area (Å²) in [4.78, 5) is 30.4. The molecule has 0 aliphatic carbocycles. The number of rotatable bonds is 4. The lowest BCUT2D eigenvalue weighted by molar-refractivity contribution is -0.145. The van der Waals surface area contributed by atoms with Crippen molar-refractivity contribution in [3.8, 4) is 11.1 Å². The first-order valence-corrected chi connectivity index (χ1v) is 10.7. The maximum Gasteiger partial charge on any atom is 0.322 e. The van der Waals surface area contributed by atoms with Gasteiger partial charge in [-0.05, 0) is 43.7 Å². The van der Waals surface area contributed by atoms with E-state index in [4.69, 9.17) is 0 Å². The Hall–Kier alpha value is -2.82. The average molecular weight is 392 g/mol. The zero-order valence-corrected chi connectivity index (χ0v) is 17.1. The maximum atomic E-state index is 13.3. The molecule has 0 bridgehead atoms. The minimum absolute atomic E-state index is 0.134. The van der Waals surface area contributed by atoms with Crippen LogP contribution in [0.2, 0.25) is 0 Å². The lowest BCUT2D eigenvalue weighted by Gasteiger charge is -2.44.